The third-order valence-corrected chi connectivity index (χ3v) is 1.42. The fourth-order valence-electron chi connectivity index (χ4n) is 0.520. The first-order chi connectivity index (χ1) is 4.57. The zero-order chi connectivity index (χ0) is 8.15. The number of carbonyl (C=O) groups excluding carboxylic acids is 1. The van der Waals surface area contributed by atoms with Gasteiger partial charge in [0.25, 0.3) is 0 Å². The third-order valence-electron chi connectivity index (χ3n) is 1.42. The lowest BCUT2D eigenvalue weighted by molar-refractivity contribution is -0.104. The standard InChI is InChI=1S/C9H14O/c1-7(2)9(4)5-8(3)6-10/h5-6H,1-4H3/b8-5+. The van der Waals surface area contributed by atoms with Gasteiger partial charge in [-0.15, -0.1) is 0 Å². The smallest absolute Gasteiger partial charge is 0.145 e. The highest BCUT2D eigenvalue weighted by molar-refractivity contribution is 5.73. The Balaban J connectivity index is 4.42. The van der Waals surface area contributed by atoms with E-state index in [1.807, 2.05) is 26.8 Å². The average Bonchev–Trinajstić information content (AvgIpc) is 1.87. The molecule has 0 saturated heterocycles. The molecule has 0 radical (unpaired) electrons. The Labute approximate surface area is 62.4 Å². The van der Waals surface area contributed by atoms with E-state index in [-0.39, 0.29) is 0 Å². The van der Waals surface area contributed by atoms with Crippen molar-refractivity contribution in [3.8, 4) is 0 Å². The topological polar surface area (TPSA) is 17.1 Å². The summed E-state index contributed by atoms with van der Waals surface area (Å²) in [5, 5.41) is 0. The summed E-state index contributed by atoms with van der Waals surface area (Å²) in [7, 11) is 0. The molecule has 0 unspecified atom stereocenters. The van der Waals surface area contributed by atoms with Crippen LogP contribution in [0.3, 0.4) is 0 Å². The van der Waals surface area contributed by atoms with E-state index >= 15 is 0 Å². The first-order valence-electron chi connectivity index (χ1n) is 3.35. The summed E-state index contributed by atoms with van der Waals surface area (Å²) in [4.78, 5) is 10.2. The van der Waals surface area contributed by atoms with Gasteiger partial charge in [0.05, 0.1) is 0 Å². The van der Waals surface area contributed by atoms with Crippen molar-refractivity contribution < 1.29 is 4.79 Å². The predicted molar refractivity (Wildman–Crippen MR) is 43.9 cm³/mol. The van der Waals surface area contributed by atoms with Gasteiger partial charge in [0, 0.05) is 0 Å². The molecule has 0 amide bonds. The zero-order valence-corrected chi connectivity index (χ0v) is 7.06. The molecule has 0 aliphatic heterocycles. The lowest BCUT2D eigenvalue weighted by Gasteiger charge is -1.95. The van der Waals surface area contributed by atoms with Crippen LogP contribution in [0.5, 0.6) is 0 Å². The van der Waals surface area contributed by atoms with Gasteiger partial charge in [0.1, 0.15) is 6.29 Å². The van der Waals surface area contributed by atoms with E-state index < -0.39 is 0 Å². The van der Waals surface area contributed by atoms with Gasteiger partial charge in [-0.05, 0) is 33.3 Å². The molecule has 0 aromatic heterocycles. The van der Waals surface area contributed by atoms with E-state index in [0.717, 1.165) is 11.9 Å². The molecule has 0 bridgehead atoms. The maximum atomic E-state index is 10.2. The second kappa shape index (κ2) is 4.04. The molecule has 0 saturated carbocycles. The highest BCUT2D eigenvalue weighted by Crippen LogP contribution is 2.05. The molecule has 0 rings (SSSR count). The minimum Gasteiger partial charge on any atom is -0.298 e. The molecule has 0 atom stereocenters. The molecule has 0 heterocycles. The van der Waals surface area contributed by atoms with Crippen LogP contribution in [0.1, 0.15) is 27.7 Å². The molecule has 56 valence electrons. The SMILES string of the molecule is CC(C)=C(C)/C=C(\C)C=O. The lowest BCUT2D eigenvalue weighted by atomic mass is 10.1. The van der Waals surface area contributed by atoms with Crippen molar-refractivity contribution in [2.75, 3.05) is 0 Å². The molecule has 0 N–H and O–H groups in total. The van der Waals surface area contributed by atoms with Crippen LogP contribution in [-0.2, 0) is 4.79 Å². The van der Waals surface area contributed by atoms with Crippen LogP contribution >= 0.6 is 0 Å². The largest absolute Gasteiger partial charge is 0.298 e. The number of allylic oxidation sites excluding steroid dienone is 4. The maximum absolute atomic E-state index is 10.2. The van der Waals surface area contributed by atoms with Gasteiger partial charge < -0.3 is 0 Å². The number of rotatable bonds is 2. The Morgan fingerprint density at radius 1 is 1.10 bits per heavy atom. The molecule has 10 heavy (non-hydrogen) atoms. The number of hydrogen-bond acceptors (Lipinski definition) is 1. The van der Waals surface area contributed by atoms with E-state index in [1.54, 1.807) is 6.92 Å². The van der Waals surface area contributed by atoms with E-state index in [0.29, 0.717) is 0 Å². The van der Waals surface area contributed by atoms with Crippen molar-refractivity contribution in [1.82, 2.24) is 0 Å². The minimum atomic E-state index is 0.777. The van der Waals surface area contributed by atoms with E-state index in [4.69, 9.17) is 0 Å². The quantitative estimate of drug-likeness (QED) is 0.325. The number of carbonyl (C=O) groups is 1. The molecule has 1 nitrogen and oxygen atoms in total. The van der Waals surface area contributed by atoms with Gasteiger partial charge in [0.2, 0.25) is 0 Å². The van der Waals surface area contributed by atoms with Crippen molar-refractivity contribution in [3.63, 3.8) is 0 Å². The molecule has 1 heteroatoms. The highest BCUT2D eigenvalue weighted by Gasteiger charge is 1.87. The van der Waals surface area contributed by atoms with Crippen molar-refractivity contribution in [1.29, 1.82) is 0 Å². The Kier molecular flexibility index (Phi) is 3.70. The predicted octanol–water partition coefficient (Wildman–Crippen LogP) is 2.49. The van der Waals surface area contributed by atoms with Crippen LogP contribution in [0, 0.1) is 0 Å². The number of aldehydes is 1. The van der Waals surface area contributed by atoms with Gasteiger partial charge in [-0.25, -0.2) is 0 Å². The van der Waals surface area contributed by atoms with Crippen molar-refractivity contribution in [2.24, 2.45) is 0 Å². The zero-order valence-electron chi connectivity index (χ0n) is 7.06. The van der Waals surface area contributed by atoms with E-state index in [9.17, 15) is 4.79 Å². The Bertz CT molecular complexity index is 181. The van der Waals surface area contributed by atoms with Crippen LogP contribution in [0.2, 0.25) is 0 Å². The van der Waals surface area contributed by atoms with Crippen LogP contribution < -0.4 is 0 Å². The second-order valence-corrected chi connectivity index (χ2v) is 2.69. The molecule has 0 fully saturated rings. The summed E-state index contributed by atoms with van der Waals surface area (Å²) >= 11 is 0. The van der Waals surface area contributed by atoms with Gasteiger partial charge in [-0.3, -0.25) is 4.79 Å². The van der Waals surface area contributed by atoms with Gasteiger partial charge in [-0.1, -0.05) is 17.2 Å². The average molecular weight is 138 g/mol. The minimum absolute atomic E-state index is 0.777. The summed E-state index contributed by atoms with van der Waals surface area (Å²) in [5.41, 5.74) is 3.20. The molecule has 0 aliphatic rings. The Hall–Kier alpha value is -0.850. The first-order valence-corrected chi connectivity index (χ1v) is 3.35. The molecule has 0 spiro atoms. The molecule has 0 aromatic carbocycles. The van der Waals surface area contributed by atoms with Gasteiger partial charge in [-0.2, -0.15) is 0 Å². The molecule has 0 aliphatic carbocycles. The Morgan fingerprint density at radius 2 is 1.60 bits per heavy atom. The van der Waals surface area contributed by atoms with Gasteiger partial charge in [0.15, 0.2) is 0 Å². The van der Waals surface area contributed by atoms with Crippen LogP contribution in [-0.4, -0.2) is 6.29 Å². The van der Waals surface area contributed by atoms with E-state index in [1.165, 1.54) is 11.1 Å². The molecule has 0 aromatic rings. The van der Waals surface area contributed by atoms with Crippen LogP contribution in [0.25, 0.3) is 0 Å². The second-order valence-electron chi connectivity index (χ2n) is 2.69. The number of hydrogen-bond donors (Lipinski definition) is 0. The summed E-state index contributed by atoms with van der Waals surface area (Å²) in [5.74, 6) is 0. The van der Waals surface area contributed by atoms with Crippen LogP contribution in [0.4, 0.5) is 0 Å². The van der Waals surface area contributed by atoms with Crippen molar-refractivity contribution in [3.05, 3.63) is 22.8 Å². The highest BCUT2D eigenvalue weighted by atomic mass is 16.1. The van der Waals surface area contributed by atoms with Crippen molar-refractivity contribution in [2.45, 2.75) is 27.7 Å². The summed E-state index contributed by atoms with van der Waals surface area (Å²) in [6, 6.07) is 0. The van der Waals surface area contributed by atoms with E-state index in [2.05, 4.69) is 0 Å². The Morgan fingerprint density at radius 3 is 1.90 bits per heavy atom. The van der Waals surface area contributed by atoms with Crippen LogP contribution in [0.15, 0.2) is 22.8 Å². The van der Waals surface area contributed by atoms with Crippen molar-refractivity contribution >= 4 is 6.29 Å². The van der Waals surface area contributed by atoms with Gasteiger partial charge >= 0.3 is 0 Å². The fourth-order valence-corrected chi connectivity index (χ4v) is 0.520. The molecular weight excluding hydrogens is 124 g/mol. The monoisotopic (exact) mass is 138 g/mol. The summed E-state index contributed by atoms with van der Waals surface area (Å²) in [6.45, 7) is 7.87. The third kappa shape index (κ3) is 3.23. The lowest BCUT2D eigenvalue weighted by Crippen LogP contribution is -1.79. The fraction of sp³-hybridized carbons (Fsp3) is 0.444. The maximum Gasteiger partial charge on any atom is 0.145 e. The normalized spacial score (nSPS) is 11.0. The first kappa shape index (κ1) is 9.15. The summed E-state index contributed by atoms with van der Waals surface area (Å²) < 4.78 is 0. The molecular formula is C9H14O. The summed E-state index contributed by atoms with van der Waals surface area (Å²) in [6.07, 6.45) is 2.76.